The Balaban J connectivity index is 1.51. The lowest BCUT2D eigenvalue weighted by atomic mass is 10.1. The summed E-state index contributed by atoms with van der Waals surface area (Å²) in [5.74, 6) is -0.171. The summed E-state index contributed by atoms with van der Waals surface area (Å²) in [6, 6.07) is 10.5. The third kappa shape index (κ3) is 4.78. The van der Waals surface area contributed by atoms with E-state index in [0.717, 1.165) is 28.3 Å². The van der Waals surface area contributed by atoms with Gasteiger partial charge in [0, 0.05) is 30.2 Å². The van der Waals surface area contributed by atoms with Crippen LogP contribution in [0.2, 0.25) is 0 Å². The standard InChI is InChI=1S/C20H20N4O3/c1-13-14(2)24-19(23-13)16-5-7-17(8-6-16)20(26)27-12-18(25)22-11-15-4-3-9-21-10-15/h3-10H,11-12H2,1-2H3,(H,22,25)(H,23,24). The van der Waals surface area contributed by atoms with E-state index in [2.05, 4.69) is 20.3 Å². The molecule has 0 atom stereocenters. The Morgan fingerprint density at radius 3 is 2.56 bits per heavy atom. The minimum atomic E-state index is -0.551. The molecule has 7 heteroatoms. The summed E-state index contributed by atoms with van der Waals surface area (Å²) in [7, 11) is 0. The van der Waals surface area contributed by atoms with Gasteiger partial charge in [-0.2, -0.15) is 0 Å². The minimum Gasteiger partial charge on any atom is -0.452 e. The molecule has 2 N–H and O–H groups in total. The molecule has 0 fully saturated rings. The topological polar surface area (TPSA) is 97.0 Å². The summed E-state index contributed by atoms with van der Waals surface area (Å²) in [4.78, 5) is 35.5. The van der Waals surface area contributed by atoms with Gasteiger partial charge in [-0.15, -0.1) is 0 Å². The predicted octanol–water partition coefficient (Wildman–Crippen LogP) is 2.56. The van der Waals surface area contributed by atoms with Crippen molar-refractivity contribution in [1.82, 2.24) is 20.3 Å². The van der Waals surface area contributed by atoms with Crippen molar-refractivity contribution in [3.05, 3.63) is 71.3 Å². The molecule has 0 saturated carbocycles. The molecule has 3 rings (SSSR count). The first-order valence-electron chi connectivity index (χ1n) is 8.49. The highest BCUT2D eigenvalue weighted by Gasteiger charge is 2.11. The van der Waals surface area contributed by atoms with Crippen LogP contribution in [-0.2, 0) is 16.1 Å². The van der Waals surface area contributed by atoms with Crippen LogP contribution in [0.25, 0.3) is 11.4 Å². The lowest BCUT2D eigenvalue weighted by Gasteiger charge is -2.07. The van der Waals surface area contributed by atoms with Gasteiger partial charge >= 0.3 is 5.97 Å². The Kier molecular flexibility index (Phi) is 5.61. The van der Waals surface area contributed by atoms with Gasteiger partial charge < -0.3 is 15.0 Å². The van der Waals surface area contributed by atoms with E-state index >= 15 is 0 Å². The number of esters is 1. The highest BCUT2D eigenvalue weighted by molar-refractivity contribution is 5.91. The van der Waals surface area contributed by atoms with E-state index in [4.69, 9.17) is 4.74 Å². The Bertz CT molecular complexity index is 914. The number of benzene rings is 1. The van der Waals surface area contributed by atoms with Crippen molar-refractivity contribution in [2.24, 2.45) is 0 Å². The van der Waals surface area contributed by atoms with Crippen LogP contribution >= 0.6 is 0 Å². The van der Waals surface area contributed by atoms with Crippen molar-refractivity contribution in [3.63, 3.8) is 0 Å². The van der Waals surface area contributed by atoms with Crippen LogP contribution in [0.3, 0.4) is 0 Å². The Labute approximate surface area is 156 Å². The summed E-state index contributed by atoms with van der Waals surface area (Å²) < 4.78 is 5.06. The van der Waals surface area contributed by atoms with Crippen LogP contribution in [0.15, 0.2) is 48.8 Å². The minimum absolute atomic E-state index is 0.334. The third-order valence-electron chi connectivity index (χ3n) is 4.07. The van der Waals surface area contributed by atoms with E-state index in [-0.39, 0.29) is 12.5 Å². The summed E-state index contributed by atoms with van der Waals surface area (Å²) in [6.45, 7) is 3.88. The number of aromatic nitrogens is 3. The first-order valence-corrected chi connectivity index (χ1v) is 8.49. The molecule has 0 unspecified atom stereocenters. The van der Waals surface area contributed by atoms with Gasteiger partial charge in [0.2, 0.25) is 0 Å². The molecule has 2 aromatic heterocycles. The maximum absolute atomic E-state index is 12.1. The molecule has 0 aliphatic rings. The highest BCUT2D eigenvalue weighted by atomic mass is 16.5. The number of carbonyl (C=O) groups excluding carboxylic acids is 2. The third-order valence-corrected chi connectivity index (χ3v) is 4.07. The molecule has 7 nitrogen and oxygen atoms in total. The summed E-state index contributed by atoms with van der Waals surface area (Å²) in [5.41, 5.74) is 4.06. The number of aromatic amines is 1. The Hall–Kier alpha value is -3.48. The SMILES string of the molecule is Cc1nc(-c2ccc(C(=O)OCC(=O)NCc3cccnc3)cc2)[nH]c1C. The van der Waals surface area contributed by atoms with E-state index in [9.17, 15) is 9.59 Å². The maximum Gasteiger partial charge on any atom is 0.338 e. The van der Waals surface area contributed by atoms with Crippen molar-refractivity contribution < 1.29 is 14.3 Å². The normalized spacial score (nSPS) is 10.4. The highest BCUT2D eigenvalue weighted by Crippen LogP contribution is 2.18. The van der Waals surface area contributed by atoms with E-state index in [1.54, 1.807) is 42.7 Å². The Morgan fingerprint density at radius 2 is 1.93 bits per heavy atom. The van der Waals surface area contributed by atoms with Gasteiger partial charge in [-0.25, -0.2) is 9.78 Å². The van der Waals surface area contributed by atoms with Gasteiger partial charge in [0.25, 0.3) is 5.91 Å². The number of carbonyl (C=O) groups is 2. The summed E-state index contributed by atoms with van der Waals surface area (Å²) >= 11 is 0. The number of amides is 1. The molecule has 138 valence electrons. The number of pyridine rings is 1. The molecule has 0 saturated heterocycles. The molecule has 0 bridgehead atoms. The smallest absolute Gasteiger partial charge is 0.338 e. The van der Waals surface area contributed by atoms with Crippen LogP contribution in [0.5, 0.6) is 0 Å². The average Bonchev–Trinajstić information content (AvgIpc) is 3.04. The second-order valence-corrected chi connectivity index (χ2v) is 6.09. The van der Waals surface area contributed by atoms with Crippen molar-refractivity contribution in [3.8, 4) is 11.4 Å². The van der Waals surface area contributed by atoms with Gasteiger partial charge in [-0.1, -0.05) is 18.2 Å². The van der Waals surface area contributed by atoms with Crippen LogP contribution in [-0.4, -0.2) is 33.4 Å². The number of hydrogen-bond donors (Lipinski definition) is 2. The first kappa shape index (κ1) is 18.3. The van der Waals surface area contributed by atoms with Gasteiger partial charge in [0.1, 0.15) is 5.82 Å². The molecule has 0 aliphatic heterocycles. The number of rotatable bonds is 6. The van der Waals surface area contributed by atoms with Gasteiger partial charge in [0.05, 0.1) is 11.3 Å². The maximum atomic E-state index is 12.1. The Morgan fingerprint density at radius 1 is 1.15 bits per heavy atom. The van der Waals surface area contributed by atoms with Crippen LogP contribution in [0.4, 0.5) is 0 Å². The monoisotopic (exact) mass is 364 g/mol. The molecule has 1 amide bonds. The number of imidazole rings is 1. The van der Waals surface area contributed by atoms with Crippen LogP contribution in [0.1, 0.15) is 27.3 Å². The molecular formula is C20H20N4O3. The number of ether oxygens (including phenoxy) is 1. The summed E-state index contributed by atoms with van der Waals surface area (Å²) in [6.07, 6.45) is 3.32. The molecule has 1 aromatic carbocycles. The molecule has 3 aromatic rings. The van der Waals surface area contributed by atoms with E-state index < -0.39 is 5.97 Å². The van der Waals surface area contributed by atoms with E-state index in [1.165, 1.54) is 0 Å². The second-order valence-electron chi connectivity index (χ2n) is 6.09. The lowest BCUT2D eigenvalue weighted by Crippen LogP contribution is -2.28. The molecular weight excluding hydrogens is 344 g/mol. The zero-order chi connectivity index (χ0) is 19.2. The van der Waals surface area contributed by atoms with Crippen molar-refractivity contribution in [2.75, 3.05) is 6.61 Å². The van der Waals surface area contributed by atoms with Crippen molar-refractivity contribution in [1.29, 1.82) is 0 Å². The number of H-pyrrole nitrogens is 1. The molecule has 0 radical (unpaired) electrons. The van der Waals surface area contributed by atoms with E-state index in [1.807, 2.05) is 19.9 Å². The molecule has 0 aliphatic carbocycles. The predicted molar refractivity (Wildman–Crippen MR) is 99.9 cm³/mol. The van der Waals surface area contributed by atoms with Gasteiger partial charge in [-0.3, -0.25) is 9.78 Å². The van der Waals surface area contributed by atoms with Crippen molar-refractivity contribution >= 4 is 11.9 Å². The largest absolute Gasteiger partial charge is 0.452 e. The first-order chi connectivity index (χ1) is 13.0. The average molecular weight is 364 g/mol. The van der Waals surface area contributed by atoms with Crippen LogP contribution in [0, 0.1) is 13.8 Å². The molecule has 2 heterocycles. The zero-order valence-electron chi connectivity index (χ0n) is 15.2. The number of nitrogens with one attached hydrogen (secondary N) is 2. The fourth-order valence-electron chi connectivity index (χ4n) is 2.42. The zero-order valence-corrected chi connectivity index (χ0v) is 15.2. The quantitative estimate of drug-likeness (QED) is 0.655. The second kappa shape index (κ2) is 8.27. The fourth-order valence-corrected chi connectivity index (χ4v) is 2.42. The van der Waals surface area contributed by atoms with Crippen molar-refractivity contribution in [2.45, 2.75) is 20.4 Å². The molecule has 27 heavy (non-hydrogen) atoms. The number of aryl methyl sites for hydroxylation is 2. The number of hydrogen-bond acceptors (Lipinski definition) is 5. The van der Waals surface area contributed by atoms with Gasteiger partial charge in [-0.05, 0) is 37.6 Å². The molecule has 0 spiro atoms. The summed E-state index contributed by atoms with van der Waals surface area (Å²) in [5, 5.41) is 2.68. The van der Waals surface area contributed by atoms with Crippen LogP contribution < -0.4 is 5.32 Å². The fraction of sp³-hybridized carbons (Fsp3) is 0.200. The number of nitrogens with zero attached hydrogens (tertiary/aromatic N) is 2. The van der Waals surface area contributed by atoms with Gasteiger partial charge in [0.15, 0.2) is 6.61 Å². The lowest BCUT2D eigenvalue weighted by molar-refractivity contribution is -0.124. The van der Waals surface area contributed by atoms with E-state index in [0.29, 0.717) is 12.1 Å².